The highest BCUT2D eigenvalue weighted by Crippen LogP contribution is 2.38. The highest BCUT2D eigenvalue weighted by molar-refractivity contribution is 6.41. The number of morpholine rings is 1. The van der Waals surface area contributed by atoms with Gasteiger partial charge in [0.15, 0.2) is 0 Å². The Labute approximate surface area is 188 Å². The summed E-state index contributed by atoms with van der Waals surface area (Å²) in [5, 5.41) is 19.5. The Morgan fingerprint density at radius 2 is 1.67 bits per heavy atom. The first-order chi connectivity index (χ1) is 14.4. The largest absolute Gasteiger partial charge is 0.872 e. The number of fused-ring (bicyclic) bond motifs is 1. The van der Waals surface area contributed by atoms with Gasteiger partial charge in [-0.3, -0.25) is 0 Å². The van der Waals surface area contributed by atoms with E-state index in [9.17, 15) is 9.90 Å². The number of hydrogen-bond acceptors (Lipinski definition) is 4. The molecule has 1 aliphatic rings. The second-order valence-corrected chi connectivity index (χ2v) is 7.99. The van der Waals surface area contributed by atoms with Gasteiger partial charge < -0.3 is 25.4 Å². The Hall–Kier alpha value is -2.38. The second kappa shape index (κ2) is 8.78. The van der Waals surface area contributed by atoms with Gasteiger partial charge in [-0.1, -0.05) is 53.0 Å². The van der Waals surface area contributed by atoms with Gasteiger partial charge in [0.1, 0.15) is 0 Å². The molecule has 1 saturated heterocycles. The number of hydrogen-bond donors (Lipinski definition) is 2. The molecule has 0 unspecified atom stereocenters. The number of benzene rings is 3. The van der Waals surface area contributed by atoms with Crippen molar-refractivity contribution in [2.75, 3.05) is 41.8 Å². The number of nitrogens with zero attached hydrogens (tertiary/aromatic N) is 1. The number of nitrogens with one attached hydrogen (secondary N) is 2. The third-order valence-corrected chi connectivity index (χ3v) is 5.72. The van der Waals surface area contributed by atoms with Crippen molar-refractivity contribution in [3.05, 3.63) is 57.5 Å². The fourth-order valence-electron chi connectivity index (χ4n) is 3.38. The molecule has 0 radical (unpaired) electrons. The number of ether oxygens (including phenoxy) is 1. The van der Waals surface area contributed by atoms with Gasteiger partial charge in [-0.05, 0) is 24.3 Å². The van der Waals surface area contributed by atoms with E-state index in [4.69, 9.17) is 39.5 Å². The highest BCUT2D eigenvalue weighted by Gasteiger charge is 2.16. The minimum atomic E-state index is -0.521. The fourth-order valence-corrected chi connectivity index (χ4v) is 4.26. The molecule has 1 fully saturated rings. The summed E-state index contributed by atoms with van der Waals surface area (Å²) in [6.45, 7) is 2.83. The number of rotatable bonds is 3. The van der Waals surface area contributed by atoms with E-state index in [1.54, 1.807) is 18.2 Å². The van der Waals surface area contributed by atoms with E-state index in [1.807, 2.05) is 6.07 Å². The third kappa shape index (κ3) is 4.37. The molecule has 156 valence electrons. The highest BCUT2D eigenvalue weighted by atomic mass is 35.5. The van der Waals surface area contributed by atoms with Crippen molar-refractivity contribution in [1.29, 1.82) is 0 Å². The molecular formula is C21H17Cl3N3O3-. The van der Waals surface area contributed by atoms with Crippen LogP contribution in [0.25, 0.3) is 10.8 Å². The molecule has 6 nitrogen and oxygen atoms in total. The van der Waals surface area contributed by atoms with Crippen LogP contribution in [0.4, 0.5) is 21.9 Å². The van der Waals surface area contributed by atoms with Crippen LogP contribution in [-0.2, 0) is 4.74 Å². The van der Waals surface area contributed by atoms with Crippen LogP contribution in [0.3, 0.4) is 0 Å². The minimum Gasteiger partial charge on any atom is -0.872 e. The van der Waals surface area contributed by atoms with Crippen molar-refractivity contribution in [3.8, 4) is 5.75 Å². The molecule has 2 N–H and O–H groups in total. The van der Waals surface area contributed by atoms with Gasteiger partial charge in [0.2, 0.25) is 0 Å². The standard InChI is InChI=1S/C21H18Cl3N3O3/c22-16-11-18(24)20(15-10-13(28)2-3-14(15)16)26-21(29)25-12-1-4-19(17(23)9-12)27-5-7-30-8-6-27/h1-4,9-11,28H,5-8H2,(H2,25,26,29)/p-1. The van der Waals surface area contributed by atoms with E-state index >= 15 is 0 Å². The zero-order valence-corrected chi connectivity index (χ0v) is 17.9. The lowest BCUT2D eigenvalue weighted by Crippen LogP contribution is -2.36. The molecule has 0 aliphatic carbocycles. The van der Waals surface area contributed by atoms with Gasteiger partial charge in [0, 0.05) is 29.5 Å². The lowest BCUT2D eigenvalue weighted by molar-refractivity contribution is -0.268. The molecule has 1 heterocycles. The average Bonchev–Trinajstić information content (AvgIpc) is 2.71. The number of amides is 2. The summed E-state index contributed by atoms with van der Waals surface area (Å²) in [6, 6.07) is 10.7. The number of urea groups is 1. The number of anilines is 3. The van der Waals surface area contributed by atoms with Crippen molar-refractivity contribution in [1.82, 2.24) is 0 Å². The lowest BCUT2D eigenvalue weighted by atomic mass is 10.1. The first-order valence-electron chi connectivity index (χ1n) is 9.21. The fraction of sp³-hybridized carbons (Fsp3) is 0.190. The minimum absolute atomic E-state index is 0.213. The Kier molecular flexibility index (Phi) is 6.11. The topological polar surface area (TPSA) is 76.7 Å². The molecule has 3 aromatic rings. The predicted molar refractivity (Wildman–Crippen MR) is 121 cm³/mol. The van der Waals surface area contributed by atoms with Crippen LogP contribution in [-0.4, -0.2) is 32.3 Å². The van der Waals surface area contributed by atoms with Crippen LogP contribution in [0, 0.1) is 0 Å². The van der Waals surface area contributed by atoms with Crippen LogP contribution in [0.15, 0.2) is 42.5 Å². The summed E-state index contributed by atoms with van der Waals surface area (Å²) in [6.07, 6.45) is 0. The molecule has 3 aromatic carbocycles. The molecule has 30 heavy (non-hydrogen) atoms. The molecule has 9 heteroatoms. The molecule has 0 spiro atoms. The Morgan fingerprint density at radius 3 is 2.40 bits per heavy atom. The quantitative estimate of drug-likeness (QED) is 0.546. The van der Waals surface area contributed by atoms with Gasteiger partial charge in [-0.15, -0.1) is 5.75 Å². The molecular weight excluding hydrogens is 449 g/mol. The van der Waals surface area contributed by atoms with Crippen molar-refractivity contribution >= 4 is 68.7 Å². The summed E-state index contributed by atoms with van der Waals surface area (Å²) >= 11 is 18.9. The van der Waals surface area contributed by atoms with Crippen molar-refractivity contribution < 1.29 is 14.6 Å². The molecule has 0 aromatic heterocycles. The molecule has 2 amide bonds. The first kappa shape index (κ1) is 20.9. The number of halogens is 3. The average molecular weight is 466 g/mol. The van der Waals surface area contributed by atoms with Gasteiger partial charge >= 0.3 is 6.03 Å². The molecule has 0 atom stereocenters. The first-order valence-corrected chi connectivity index (χ1v) is 10.3. The van der Waals surface area contributed by atoms with Gasteiger partial charge in [0.05, 0.1) is 39.7 Å². The van der Waals surface area contributed by atoms with Gasteiger partial charge in [0.25, 0.3) is 0 Å². The van der Waals surface area contributed by atoms with Crippen LogP contribution in [0.2, 0.25) is 15.1 Å². The number of carbonyl (C=O) groups excluding carboxylic acids is 1. The lowest BCUT2D eigenvalue weighted by Gasteiger charge is -2.29. The van der Waals surface area contributed by atoms with Crippen LogP contribution < -0.4 is 20.6 Å². The summed E-state index contributed by atoms with van der Waals surface area (Å²) < 4.78 is 5.36. The summed E-state index contributed by atoms with van der Waals surface area (Å²) in [5.74, 6) is -0.213. The van der Waals surface area contributed by atoms with Crippen LogP contribution >= 0.6 is 34.8 Å². The Bertz CT molecular complexity index is 1120. The normalized spacial score (nSPS) is 14.0. The van der Waals surface area contributed by atoms with E-state index in [0.29, 0.717) is 45.4 Å². The molecule has 0 bridgehead atoms. The van der Waals surface area contributed by atoms with Gasteiger partial charge in [-0.2, -0.15) is 0 Å². The second-order valence-electron chi connectivity index (χ2n) is 6.77. The van der Waals surface area contributed by atoms with E-state index in [2.05, 4.69) is 15.5 Å². The van der Waals surface area contributed by atoms with Crippen molar-refractivity contribution in [2.45, 2.75) is 0 Å². The van der Waals surface area contributed by atoms with E-state index in [0.717, 1.165) is 18.8 Å². The van der Waals surface area contributed by atoms with Crippen LogP contribution in [0.1, 0.15) is 0 Å². The zero-order valence-electron chi connectivity index (χ0n) is 15.7. The Morgan fingerprint density at radius 1 is 0.900 bits per heavy atom. The maximum Gasteiger partial charge on any atom is 0.323 e. The smallest absolute Gasteiger partial charge is 0.323 e. The maximum absolute atomic E-state index is 12.6. The molecule has 4 rings (SSSR count). The van der Waals surface area contributed by atoms with E-state index in [1.165, 1.54) is 18.2 Å². The van der Waals surface area contributed by atoms with E-state index in [-0.39, 0.29) is 10.8 Å². The SMILES string of the molecule is O=C(Nc1ccc(N2CCOCC2)c(Cl)c1)Nc1c(Cl)cc(Cl)c2ccc([O-])cc12. The summed E-state index contributed by atoms with van der Waals surface area (Å²) in [4.78, 5) is 14.7. The van der Waals surface area contributed by atoms with Crippen LogP contribution in [0.5, 0.6) is 5.75 Å². The molecule has 1 aliphatic heterocycles. The summed E-state index contributed by atoms with van der Waals surface area (Å²) in [7, 11) is 0. The Balaban J connectivity index is 1.54. The van der Waals surface area contributed by atoms with Crippen molar-refractivity contribution in [3.63, 3.8) is 0 Å². The number of carbonyl (C=O) groups is 1. The zero-order chi connectivity index (χ0) is 21.3. The monoisotopic (exact) mass is 464 g/mol. The predicted octanol–water partition coefficient (Wildman–Crippen LogP) is 5.35. The van der Waals surface area contributed by atoms with Gasteiger partial charge in [-0.25, -0.2) is 4.79 Å². The summed E-state index contributed by atoms with van der Waals surface area (Å²) in [5.41, 5.74) is 1.72. The molecule has 0 saturated carbocycles. The van der Waals surface area contributed by atoms with E-state index < -0.39 is 6.03 Å². The maximum atomic E-state index is 12.6. The third-order valence-electron chi connectivity index (χ3n) is 4.81. The van der Waals surface area contributed by atoms with Crippen molar-refractivity contribution in [2.24, 2.45) is 0 Å².